The number of allylic oxidation sites excluding steroid dienone is 1. The van der Waals surface area contributed by atoms with E-state index in [9.17, 15) is 26.3 Å². The molecular formula is C5H3ClF6. The monoisotopic (exact) mass is 212 g/mol. The predicted octanol–water partition coefficient (Wildman–Crippen LogP) is 4.00. The van der Waals surface area contributed by atoms with Crippen molar-refractivity contribution in [3.63, 3.8) is 0 Å². The zero-order valence-corrected chi connectivity index (χ0v) is 6.19. The lowest BCUT2D eigenvalue weighted by molar-refractivity contribution is -0.0795. The van der Waals surface area contributed by atoms with Crippen molar-refractivity contribution in [3.8, 4) is 0 Å². The minimum atomic E-state index is -4.19. The SMILES string of the molecule is C=CC(F)(F)F.FC(F)=C(F)Cl. The summed E-state index contributed by atoms with van der Waals surface area (Å²) in [6, 6.07) is 0. The highest BCUT2D eigenvalue weighted by Crippen LogP contribution is 2.13. The molecule has 72 valence electrons. The van der Waals surface area contributed by atoms with Crippen LogP contribution in [0.1, 0.15) is 0 Å². The summed E-state index contributed by atoms with van der Waals surface area (Å²) in [5, 5.41) is -1.94. The molecule has 0 rings (SSSR count). The fraction of sp³-hybridized carbons (Fsp3) is 0.200. The summed E-state index contributed by atoms with van der Waals surface area (Å²) in [5.74, 6) is 0. The molecule has 0 saturated carbocycles. The van der Waals surface area contributed by atoms with Crippen LogP contribution in [-0.2, 0) is 0 Å². The van der Waals surface area contributed by atoms with Crippen LogP contribution in [0.15, 0.2) is 24.0 Å². The third kappa shape index (κ3) is 16.2. The van der Waals surface area contributed by atoms with Gasteiger partial charge in [0.2, 0.25) is 0 Å². The molecule has 0 fully saturated rings. The first-order valence-corrected chi connectivity index (χ1v) is 2.65. The minimum absolute atomic E-state index is 0.0625. The molecule has 0 aromatic carbocycles. The minimum Gasteiger partial charge on any atom is -0.188 e. The average Bonchev–Trinajstić information content (AvgIpc) is 1.87. The molecule has 0 radical (unpaired) electrons. The van der Waals surface area contributed by atoms with Crippen molar-refractivity contribution in [2.75, 3.05) is 0 Å². The van der Waals surface area contributed by atoms with Crippen LogP contribution >= 0.6 is 11.6 Å². The first-order chi connectivity index (χ1) is 5.20. The van der Waals surface area contributed by atoms with E-state index in [1.165, 1.54) is 0 Å². The Morgan fingerprint density at radius 1 is 1.17 bits per heavy atom. The molecule has 0 aliphatic carbocycles. The topological polar surface area (TPSA) is 0 Å². The molecule has 0 N–H and O–H groups in total. The van der Waals surface area contributed by atoms with E-state index in [2.05, 4.69) is 18.2 Å². The lowest BCUT2D eigenvalue weighted by Crippen LogP contribution is -1.98. The van der Waals surface area contributed by atoms with Crippen LogP contribution in [0.2, 0.25) is 0 Å². The van der Waals surface area contributed by atoms with E-state index in [-0.39, 0.29) is 6.08 Å². The van der Waals surface area contributed by atoms with Crippen molar-refractivity contribution in [2.24, 2.45) is 0 Å². The van der Waals surface area contributed by atoms with Gasteiger partial charge in [0.05, 0.1) is 0 Å². The molecule has 0 aromatic rings. The van der Waals surface area contributed by atoms with Gasteiger partial charge >= 0.3 is 12.3 Å². The Labute approximate surface area is 69.1 Å². The first kappa shape index (κ1) is 13.9. The summed E-state index contributed by atoms with van der Waals surface area (Å²) in [6.07, 6.45) is -6.73. The van der Waals surface area contributed by atoms with Crippen LogP contribution in [0.4, 0.5) is 26.3 Å². The molecule has 7 heteroatoms. The molecule has 0 nitrogen and oxygen atoms in total. The molecule has 0 unspecified atom stereocenters. The van der Waals surface area contributed by atoms with Gasteiger partial charge in [-0.15, -0.1) is 0 Å². The summed E-state index contributed by atoms with van der Waals surface area (Å²) in [4.78, 5) is 0. The Morgan fingerprint density at radius 2 is 1.33 bits per heavy atom. The quantitative estimate of drug-likeness (QED) is 0.421. The fourth-order valence-corrected chi connectivity index (χ4v) is 0. The highest BCUT2D eigenvalue weighted by molar-refractivity contribution is 6.28. The second kappa shape index (κ2) is 5.93. The standard InChI is InChI=1S/C3H3F3.C2ClF3/c1-2-3(4,5)6;3-1(4)2(5)6/h2H,1H2;. The van der Waals surface area contributed by atoms with E-state index in [1.807, 2.05) is 0 Å². The Morgan fingerprint density at radius 3 is 1.33 bits per heavy atom. The van der Waals surface area contributed by atoms with Gasteiger partial charge < -0.3 is 0 Å². The third-order valence-electron chi connectivity index (χ3n) is 0.374. The molecule has 12 heavy (non-hydrogen) atoms. The Balaban J connectivity index is 0. The van der Waals surface area contributed by atoms with Crippen molar-refractivity contribution in [1.82, 2.24) is 0 Å². The second-order valence-corrected chi connectivity index (χ2v) is 1.60. The zero-order chi connectivity index (χ0) is 10.4. The maximum Gasteiger partial charge on any atom is 0.409 e. The van der Waals surface area contributed by atoms with Crippen LogP contribution < -0.4 is 0 Å². The van der Waals surface area contributed by atoms with Crippen LogP contribution in [0.5, 0.6) is 0 Å². The number of alkyl halides is 3. The summed E-state index contributed by atoms with van der Waals surface area (Å²) in [5.41, 5.74) is 0. The van der Waals surface area contributed by atoms with Gasteiger partial charge in [0.25, 0.3) is 5.29 Å². The van der Waals surface area contributed by atoms with Gasteiger partial charge in [0.15, 0.2) is 0 Å². The third-order valence-corrected chi connectivity index (χ3v) is 0.517. The highest BCUT2D eigenvalue weighted by Gasteiger charge is 2.19. The molecule has 0 aliphatic heterocycles. The van der Waals surface area contributed by atoms with Crippen LogP contribution in [0, 0.1) is 0 Å². The van der Waals surface area contributed by atoms with Gasteiger partial charge in [-0.3, -0.25) is 0 Å². The van der Waals surface area contributed by atoms with Crippen molar-refractivity contribution in [3.05, 3.63) is 24.0 Å². The number of rotatable bonds is 0. The molecule has 0 saturated heterocycles. The van der Waals surface area contributed by atoms with Gasteiger partial charge in [0, 0.05) is 6.08 Å². The molecule has 0 bridgehead atoms. The number of hydrogen-bond acceptors (Lipinski definition) is 0. The Kier molecular flexibility index (Phi) is 6.88. The van der Waals surface area contributed by atoms with Gasteiger partial charge in [-0.05, 0) is 11.6 Å². The van der Waals surface area contributed by atoms with E-state index in [4.69, 9.17) is 0 Å². The van der Waals surface area contributed by atoms with Gasteiger partial charge in [-0.25, -0.2) is 0 Å². The molecule has 0 aliphatic rings. The maximum absolute atomic E-state index is 10.7. The van der Waals surface area contributed by atoms with Crippen molar-refractivity contribution in [2.45, 2.75) is 6.18 Å². The lowest BCUT2D eigenvalue weighted by Gasteiger charge is -1.91. The van der Waals surface area contributed by atoms with Crippen LogP contribution in [0.3, 0.4) is 0 Å². The highest BCUT2D eigenvalue weighted by atomic mass is 35.5. The van der Waals surface area contributed by atoms with Gasteiger partial charge in [-0.2, -0.15) is 26.3 Å². The Hall–Kier alpha value is -0.650. The largest absolute Gasteiger partial charge is 0.409 e. The van der Waals surface area contributed by atoms with E-state index < -0.39 is 17.5 Å². The second-order valence-electron chi connectivity index (χ2n) is 1.27. The van der Waals surface area contributed by atoms with Crippen LogP contribution in [0.25, 0.3) is 0 Å². The number of hydrogen-bond donors (Lipinski definition) is 0. The van der Waals surface area contributed by atoms with E-state index in [1.54, 1.807) is 0 Å². The van der Waals surface area contributed by atoms with Crippen molar-refractivity contribution in [1.29, 1.82) is 0 Å². The van der Waals surface area contributed by atoms with E-state index in [0.29, 0.717) is 0 Å². The molecule has 0 atom stereocenters. The molecule has 0 heterocycles. The molecule has 0 aromatic heterocycles. The maximum atomic E-state index is 10.7. The number of halogens is 7. The summed E-state index contributed by atoms with van der Waals surface area (Å²) in [6.45, 7) is 2.51. The molecule has 0 spiro atoms. The average molecular weight is 213 g/mol. The van der Waals surface area contributed by atoms with Crippen LogP contribution in [-0.4, -0.2) is 6.18 Å². The van der Waals surface area contributed by atoms with Gasteiger partial charge in [0.1, 0.15) is 0 Å². The van der Waals surface area contributed by atoms with Crippen molar-refractivity contribution >= 4 is 11.6 Å². The normalized spacial score (nSPS) is 9.58. The zero-order valence-electron chi connectivity index (χ0n) is 5.43. The molecular weight excluding hydrogens is 209 g/mol. The van der Waals surface area contributed by atoms with Crippen molar-refractivity contribution < 1.29 is 26.3 Å². The van der Waals surface area contributed by atoms with E-state index >= 15 is 0 Å². The van der Waals surface area contributed by atoms with E-state index in [0.717, 1.165) is 0 Å². The summed E-state index contributed by atoms with van der Waals surface area (Å²) < 4.78 is 63.8. The van der Waals surface area contributed by atoms with Gasteiger partial charge in [-0.1, -0.05) is 6.58 Å². The first-order valence-electron chi connectivity index (χ1n) is 2.27. The summed E-state index contributed by atoms with van der Waals surface area (Å²) in [7, 11) is 0. The summed E-state index contributed by atoms with van der Waals surface area (Å²) >= 11 is 4.08. The Bertz CT molecular complexity index is 151. The smallest absolute Gasteiger partial charge is 0.188 e. The predicted molar refractivity (Wildman–Crippen MR) is 32.5 cm³/mol. The fourth-order valence-electron chi connectivity index (χ4n) is 0. The lowest BCUT2D eigenvalue weighted by atomic mass is 10.6. The molecule has 0 amide bonds.